The van der Waals surface area contributed by atoms with Gasteiger partial charge < -0.3 is 10.5 Å². The molecule has 0 radical (unpaired) electrons. The number of methoxy groups -OCH3 is 1. The molecule has 102 valence electrons. The molecule has 0 aromatic heterocycles. The van der Waals surface area contributed by atoms with Crippen molar-refractivity contribution in [1.82, 2.24) is 4.90 Å². The molecule has 0 aromatic carbocycles. The first kappa shape index (κ1) is 14.9. The van der Waals surface area contributed by atoms with Crippen LogP contribution in [0.2, 0.25) is 0 Å². The van der Waals surface area contributed by atoms with E-state index in [9.17, 15) is 0 Å². The standard InChI is InChI=1S/C14H30N2O/c1-12(2)14(10-15,11-17-4)16-8-5-6-13(3)7-9-16/h12-13H,5-11,15H2,1-4H3. The second-order valence-electron chi connectivity index (χ2n) is 5.92. The van der Waals surface area contributed by atoms with Crippen LogP contribution in [0.3, 0.4) is 0 Å². The number of ether oxygens (including phenoxy) is 1. The van der Waals surface area contributed by atoms with Gasteiger partial charge in [-0.3, -0.25) is 4.90 Å². The quantitative estimate of drug-likeness (QED) is 0.802. The van der Waals surface area contributed by atoms with Crippen molar-refractivity contribution < 1.29 is 4.74 Å². The van der Waals surface area contributed by atoms with Gasteiger partial charge in [-0.25, -0.2) is 0 Å². The zero-order valence-electron chi connectivity index (χ0n) is 12.0. The third-order valence-electron chi connectivity index (χ3n) is 4.47. The van der Waals surface area contributed by atoms with Crippen LogP contribution >= 0.6 is 0 Å². The maximum atomic E-state index is 6.09. The van der Waals surface area contributed by atoms with Gasteiger partial charge in [-0.15, -0.1) is 0 Å². The Kier molecular flexibility index (Phi) is 5.90. The van der Waals surface area contributed by atoms with E-state index in [1.807, 2.05) is 0 Å². The molecule has 0 spiro atoms. The van der Waals surface area contributed by atoms with Crippen LogP contribution in [-0.2, 0) is 4.74 Å². The SMILES string of the molecule is COCC(CN)(C(C)C)N1CCCC(C)CC1. The van der Waals surface area contributed by atoms with Crippen molar-refractivity contribution in [2.75, 3.05) is 33.4 Å². The van der Waals surface area contributed by atoms with Crippen molar-refractivity contribution >= 4 is 0 Å². The second-order valence-corrected chi connectivity index (χ2v) is 5.92. The molecule has 0 amide bonds. The fourth-order valence-electron chi connectivity index (χ4n) is 3.01. The average molecular weight is 242 g/mol. The predicted molar refractivity (Wildman–Crippen MR) is 73.1 cm³/mol. The first-order valence-corrected chi connectivity index (χ1v) is 7.01. The number of likely N-dealkylation sites (tertiary alicyclic amines) is 1. The molecule has 17 heavy (non-hydrogen) atoms. The molecule has 1 rings (SSSR count). The van der Waals surface area contributed by atoms with Crippen molar-refractivity contribution in [1.29, 1.82) is 0 Å². The Labute approximate surface area is 107 Å². The van der Waals surface area contributed by atoms with Gasteiger partial charge in [0.05, 0.1) is 12.1 Å². The highest BCUT2D eigenvalue weighted by Crippen LogP contribution is 2.29. The summed E-state index contributed by atoms with van der Waals surface area (Å²) < 4.78 is 5.46. The minimum Gasteiger partial charge on any atom is -0.383 e. The molecule has 3 nitrogen and oxygen atoms in total. The lowest BCUT2D eigenvalue weighted by Crippen LogP contribution is -2.60. The molecule has 3 heteroatoms. The van der Waals surface area contributed by atoms with E-state index in [2.05, 4.69) is 25.7 Å². The average Bonchev–Trinajstić information content (AvgIpc) is 2.51. The van der Waals surface area contributed by atoms with E-state index in [-0.39, 0.29) is 5.54 Å². The third kappa shape index (κ3) is 3.43. The van der Waals surface area contributed by atoms with Gasteiger partial charge in [0.15, 0.2) is 0 Å². The Morgan fingerprint density at radius 3 is 2.59 bits per heavy atom. The fourth-order valence-corrected chi connectivity index (χ4v) is 3.01. The van der Waals surface area contributed by atoms with Gasteiger partial charge >= 0.3 is 0 Å². The minimum absolute atomic E-state index is 0.0266. The van der Waals surface area contributed by atoms with E-state index in [1.165, 1.54) is 32.4 Å². The maximum Gasteiger partial charge on any atom is 0.0661 e. The van der Waals surface area contributed by atoms with Crippen LogP contribution in [0, 0.1) is 11.8 Å². The van der Waals surface area contributed by atoms with E-state index in [0.29, 0.717) is 12.5 Å². The molecule has 2 atom stereocenters. The van der Waals surface area contributed by atoms with Gasteiger partial charge in [0, 0.05) is 13.7 Å². The smallest absolute Gasteiger partial charge is 0.0661 e. The summed E-state index contributed by atoms with van der Waals surface area (Å²) in [7, 11) is 1.78. The Hall–Kier alpha value is -0.120. The predicted octanol–water partition coefficient (Wildman–Crippen LogP) is 2.11. The zero-order chi connectivity index (χ0) is 12.9. The molecule has 0 bridgehead atoms. The molecule has 1 aliphatic heterocycles. The van der Waals surface area contributed by atoms with E-state index in [4.69, 9.17) is 10.5 Å². The topological polar surface area (TPSA) is 38.5 Å². The Morgan fingerprint density at radius 1 is 1.35 bits per heavy atom. The third-order valence-corrected chi connectivity index (χ3v) is 4.47. The van der Waals surface area contributed by atoms with Crippen molar-refractivity contribution in [3.8, 4) is 0 Å². The number of rotatable bonds is 5. The first-order chi connectivity index (χ1) is 8.06. The van der Waals surface area contributed by atoms with Gasteiger partial charge in [0.2, 0.25) is 0 Å². The van der Waals surface area contributed by atoms with Crippen LogP contribution in [0.15, 0.2) is 0 Å². The molecular weight excluding hydrogens is 212 g/mol. The minimum atomic E-state index is 0.0266. The Morgan fingerprint density at radius 2 is 2.06 bits per heavy atom. The summed E-state index contributed by atoms with van der Waals surface area (Å²) in [6, 6.07) is 0. The maximum absolute atomic E-state index is 6.09. The molecular formula is C14H30N2O. The lowest BCUT2D eigenvalue weighted by atomic mass is 9.85. The Bertz CT molecular complexity index is 220. The summed E-state index contributed by atoms with van der Waals surface area (Å²) in [5.41, 5.74) is 6.12. The Balaban J connectivity index is 2.80. The molecule has 1 fully saturated rings. The van der Waals surface area contributed by atoms with Crippen LogP contribution < -0.4 is 5.73 Å². The lowest BCUT2D eigenvalue weighted by Gasteiger charge is -2.45. The van der Waals surface area contributed by atoms with Gasteiger partial charge in [-0.1, -0.05) is 20.8 Å². The summed E-state index contributed by atoms with van der Waals surface area (Å²) in [6.07, 6.45) is 3.93. The molecule has 0 aliphatic carbocycles. The van der Waals surface area contributed by atoms with Crippen LogP contribution in [0.1, 0.15) is 40.0 Å². The summed E-state index contributed by atoms with van der Waals surface area (Å²) >= 11 is 0. The molecule has 0 aromatic rings. The number of hydrogen-bond acceptors (Lipinski definition) is 3. The highest BCUT2D eigenvalue weighted by molar-refractivity contribution is 4.95. The highest BCUT2D eigenvalue weighted by atomic mass is 16.5. The van der Waals surface area contributed by atoms with Crippen LogP contribution in [0.5, 0.6) is 0 Å². The van der Waals surface area contributed by atoms with E-state index in [0.717, 1.165) is 12.5 Å². The number of nitrogens with zero attached hydrogens (tertiary/aromatic N) is 1. The van der Waals surface area contributed by atoms with E-state index in [1.54, 1.807) is 7.11 Å². The number of nitrogens with two attached hydrogens (primary N) is 1. The van der Waals surface area contributed by atoms with E-state index >= 15 is 0 Å². The monoisotopic (exact) mass is 242 g/mol. The van der Waals surface area contributed by atoms with Crippen molar-refractivity contribution in [2.24, 2.45) is 17.6 Å². The second kappa shape index (κ2) is 6.72. The fraction of sp³-hybridized carbons (Fsp3) is 1.00. The summed E-state index contributed by atoms with van der Waals surface area (Å²) in [5, 5.41) is 0. The zero-order valence-corrected chi connectivity index (χ0v) is 12.0. The largest absolute Gasteiger partial charge is 0.383 e. The van der Waals surface area contributed by atoms with Gasteiger partial charge in [0.1, 0.15) is 0 Å². The van der Waals surface area contributed by atoms with Crippen LogP contribution in [-0.4, -0.2) is 43.8 Å². The normalized spacial score (nSPS) is 26.8. The van der Waals surface area contributed by atoms with Crippen molar-refractivity contribution in [2.45, 2.75) is 45.6 Å². The molecule has 1 aliphatic rings. The molecule has 2 unspecified atom stereocenters. The number of hydrogen-bond donors (Lipinski definition) is 1. The van der Waals surface area contributed by atoms with Gasteiger partial charge in [0.25, 0.3) is 0 Å². The van der Waals surface area contributed by atoms with Crippen LogP contribution in [0.4, 0.5) is 0 Å². The van der Waals surface area contributed by atoms with Crippen LogP contribution in [0.25, 0.3) is 0 Å². The highest BCUT2D eigenvalue weighted by Gasteiger charge is 2.39. The van der Waals surface area contributed by atoms with Gasteiger partial charge in [-0.2, -0.15) is 0 Å². The van der Waals surface area contributed by atoms with Crippen molar-refractivity contribution in [3.05, 3.63) is 0 Å². The molecule has 1 heterocycles. The lowest BCUT2D eigenvalue weighted by molar-refractivity contribution is -0.0149. The summed E-state index contributed by atoms with van der Waals surface area (Å²) in [6.45, 7) is 10.7. The first-order valence-electron chi connectivity index (χ1n) is 7.01. The summed E-state index contributed by atoms with van der Waals surface area (Å²) in [5.74, 6) is 1.38. The van der Waals surface area contributed by atoms with E-state index < -0.39 is 0 Å². The molecule has 2 N–H and O–H groups in total. The molecule has 1 saturated heterocycles. The van der Waals surface area contributed by atoms with Crippen molar-refractivity contribution in [3.63, 3.8) is 0 Å². The molecule has 0 saturated carbocycles. The van der Waals surface area contributed by atoms with Gasteiger partial charge in [-0.05, 0) is 44.2 Å². The summed E-state index contributed by atoms with van der Waals surface area (Å²) in [4.78, 5) is 2.59.